The zero-order valence-electron chi connectivity index (χ0n) is 13.0. The molecule has 2 aromatic rings. The van der Waals surface area contributed by atoms with Crippen molar-refractivity contribution in [2.75, 3.05) is 31.2 Å². The number of hydrogen-bond donors (Lipinski definition) is 0. The minimum absolute atomic E-state index is 0.328. The van der Waals surface area contributed by atoms with Crippen molar-refractivity contribution in [1.29, 1.82) is 0 Å². The molecule has 0 aromatic carbocycles. The van der Waals surface area contributed by atoms with E-state index in [0.29, 0.717) is 24.0 Å². The molecule has 0 aliphatic carbocycles. The van der Waals surface area contributed by atoms with Crippen molar-refractivity contribution < 1.29 is 18.4 Å². The largest absolute Gasteiger partial charge is 0.472 e. The monoisotopic (exact) mass is 319 g/mol. The Bertz CT molecular complexity index is 599. The Morgan fingerprint density at radius 1 is 1.09 bits per heavy atom. The molecule has 7 nitrogen and oxygen atoms in total. The fourth-order valence-corrected chi connectivity index (χ4v) is 3.12. The van der Waals surface area contributed by atoms with Crippen LogP contribution in [-0.4, -0.2) is 48.7 Å². The molecule has 0 bridgehead atoms. The van der Waals surface area contributed by atoms with Crippen LogP contribution in [0, 0.1) is 0 Å². The van der Waals surface area contributed by atoms with Gasteiger partial charge in [-0.1, -0.05) is 0 Å². The standard InChI is InChI=1S/C16H21N3O4/c1-6-19(7-2-13(1)22-14-4-9-20-10-5-14)16-17-15(23-18-16)12-3-8-21-11-12/h3,8,11,13-14H,1-2,4-7,9-10H2. The predicted octanol–water partition coefficient (Wildman–Crippen LogP) is 2.49. The number of furan rings is 1. The van der Waals surface area contributed by atoms with E-state index in [0.717, 1.165) is 57.6 Å². The molecule has 124 valence electrons. The van der Waals surface area contributed by atoms with Gasteiger partial charge in [0.05, 0.1) is 24.0 Å². The van der Waals surface area contributed by atoms with Gasteiger partial charge in [0, 0.05) is 26.3 Å². The highest BCUT2D eigenvalue weighted by atomic mass is 16.5. The molecule has 2 aromatic heterocycles. The van der Waals surface area contributed by atoms with Crippen LogP contribution < -0.4 is 4.90 Å². The first-order valence-electron chi connectivity index (χ1n) is 8.23. The van der Waals surface area contributed by atoms with E-state index in [9.17, 15) is 0 Å². The number of rotatable bonds is 4. The smallest absolute Gasteiger partial charge is 0.266 e. The summed E-state index contributed by atoms with van der Waals surface area (Å²) >= 11 is 0. The Morgan fingerprint density at radius 2 is 1.87 bits per heavy atom. The molecule has 0 radical (unpaired) electrons. The van der Waals surface area contributed by atoms with Crippen molar-refractivity contribution in [3.05, 3.63) is 18.6 Å². The third-order valence-electron chi connectivity index (χ3n) is 4.46. The van der Waals surface area contributed by atoms with Crippen LogP contribution in [0.3, 0.4) is 0 Å². The van der Waals surface area contributed by atoms with E-state index in [-0.39, 0.29) is 0 Å². The van der Waals surface area contributed by atoms with Gasteiger partial charge in [0.15, 0.2) is 0 Å². The lowest BCUT2D eigenvalue weighted by molar-refractivity contribution is -0.0744. The van der Waals surface area contributed by atoms with Crippen LogP contribution in [0.4, 0.5) is 5.95 Å². The fourth-order valence-electron chi connectivity index (χ4n) is 3.12. The molecule has 0 atom stereocenters. The maximum atomic E-state index is 6.20. The van der Waals surface area contributed by atoms with Crippen molar-refractivity contribution in [3.8, 4) is 11.5 Å². The molecule has 2 saturated heterocycles. The molecular formula is C16H21N3O4. The topological polar surface area (TPSA) is 73.8 Å². The number of hydrogen-bond acceptors (Lipinski definition) is 7. The molecule has 2 aliphatic heterocycles. The third kappa shape index (κ3) is 3.40. The highest BCUT2D eigenvalue weighted by molar-refractivity contribution is 5.52. The number of nitrogens with zero attached hydrogens (tertiary/aromatic N) is 3. The summed E-state index contributed by atoms with van der Waals surface area (Å²) in [6.07, 6.45) is 7.90. The van der Waals surface area contributed by atoms with Crippen LogP contribution in [0.5, 0.6) is 0 Å². The molecule has 7 heteroatoms. The van der Waals surface area contributed by atoms with Gasteiger partial charge in [-0.15, -0.1) is 0 Å². The second-order valence-corrected chi connectivity index (χ2v) is 6.05. The summed E-state index contributed by atoms with van der Waals surface area (Å²) in [6.45, 7) is 3.42. The molecule has 0 amide bonds. The van der Waals surface area contributed by atoms with Gasteiger partial charge in [-0.05, 0) is 36.9 Å². The van der Waals surface area contributed by atoms with Gasteiger partial charge in [-0.25, -0.2) is 0 Å². The van der Waals surface area contributed by atoms with Gasteiger partial charge in [0.1, 0.15) is 6.26 Å². The van der Waals surface area contributed by atoms with E-state index in [1.807, 2.05) is 6.07 Å². The number of aromatic nitrogens is 2. The Balaban J connectivity index is 1.31. The van der Waals surface area contributed by atoms with Crippen LogP contribution in [0.1, 0.15) is 25.7 Å². The van der Waals surface area contributed by atoms with E-state index in [2.05, 4.69) is 15.0 Å². The first-order chi connectivity index (χ1) is 11.4. The van der Waals surface area contributed by atoms with Crippen LogP contribution >= 0.6 is 0 Å². The first-order valence-corrected chi connectivity index (χ1v) is 8.23. The SMILES string of the molecule is c1cc(-c2nc(N3CCC(OC4CCOCC4)CC3)no2)co1. The minimum Gasteiger partial charge on any atom is -0.472 e. The van der Waals surface area contributed by atoms with Crippen molar-refractivity contribution >= 4 is 5.95 Å². The van der Waals surface area contributed by atoms with Crippen molar-refractivity contribution in [3.63, 3.8) is 0 Å². The molecule has 0 spiro atoms. The van der Waals surface area contributed by atoms with Crippen LogP contribution in [0.25, 0.3) is 11.5 Å². The van der Waals surface area contributed by atoms with Crippen molar-refractivity contribution in [2.24, 2.45) is 0 Å². The van der Waals surface area contributed by atoms with Gasteiger partial charge in [0.25, 0.3) is 11.8 Å². The van der Waals surface area contributed by atoms with E-state index < -0.39 is 0 Å². The average Bonchev–Trinajstić information content (AvgIpc) is 3.28. The third-order valence-corrected chi connectivity index (χ3v) is 4.46. The Morgan fingerprint density at radius 3 is 2.61 bits per heavy atom. The maximum Gasteiger partial charge on any atom is 0.266 e. The number of ether oxygens (including phenoxy) is 2. The lowest BCUT2D eigenvalue weighted by Crippen LogP contribution is -2.39. The maximum absolute atomic E-state index is 6.20. The number of piperidine rings is 1. The Hall–Kier alpha value is -1.86. The quantitative estimate of drug-likeness (QED) is 0.857. The molecule has 0 unspecified atom stereocenters. The summed E-state index contributed by atoms with van der Waals surface area (Å²) < 4.78 is 21.9. The molecular weight excluding hydrogens is 298 g/mol. The van der Waals surface area contributed by atoms with E-state index in [4.69, 9.17) is 18.4 Å². The highest BCUT2D eigenvalue weighted by Gasteiger charge is 2.26. The molecule has 0 saturated carbocycles. The van der Waals surface area contributed by atoms with Crippen LogP contribution in [0.15, 0.2) is 27.5 Å². The predicted molar refractivity (Wildman–Crippen MR) is 82.2 cm³/mol. The van der Waals surface area contributed by atoms with E-state index in [1.165, 1.54) is 0 Å². The summed E-state index contributed by atoms with van der Waals surface area (Å²) in [4.78, 5) is 6.60. The van der Waals surface area contributed by atoms with E-state index >= 15 is 0 Å². The summed E-state index contributed by atoms with van der Waals surface area (Å²) in [7, 11) is 0. The van der Waals surface area contributed by atoms with Gasteiger partial charge >= 0.3 is 0 Å². The lowest BCUT2D eigenvalue weighted by atomic mass is 10.1. The van der Waals surface area contributed by atoms with Gasteiger partial charge < -0.3 is 23.3 Å². The second-order valence-electron chi connectivity index (χ2n) is 6.05. The Kier molecular flexibility index (Phi) is 4.30. The minimum atomic E-state index is 0.328. The average molecular weight is 319 g/mol. The zero-order chi connectivity index (χ0) is 15.5. The molecule has 2 fully saturated rings. The van der Waals surface area contributed by atoms with Crippen LogP contribution in [-0.2, 0) is 9.47 Å². The van der Waals surface area contributed by atoms with Crippen molar-refractivity contribution in [1.82, 2.24) is 10.1 Å². The summed E-state index contributed by atoms with van der Waals surface area (Å²) in [6, 6.07) is 1.81. The van der Waals surface area contributed by atoms with Gasteiger partial charge in [-0.2, -0.15) is 4.98 Å². The molecule has 4 rings (SSSR count). The summed E-state index contributed by atoms with van der Waals surface area (Å²) in [5.74, 6) is 1.14. The van der Waals surface area contributed by atoms with Gasteiger partial charge in [-0.3, -0.25) is 0 Å². The van der Waals surface area contributed by atoms with Gasteiger partial charge in [0.2, 0.25) is 0 Å². The summed E-state index contributed by atoms with van der Waals surface area (Å²) in [5, 5.41) is 4.08. The molecule has 2 aliphatic rings. The molecule has 0 N–H and O–H groups in total. The van der Waals surface area contributed by atoms with Crippen molar-refractivity contribution in [2.45, 2.75) is 37.9 Å². The first kappa shape index (κ1) is 14.7. The molecule has 4 heterocycles. The van der Waals surface area contributed by atoms with Crippen LogP contribution in [0.2, 0.25) is 0 Å². The Labute approximate surface area is 134 Å². The van der Waals surface area contributed by atoms with E-state index in [1.54, 1.807) is 12.5 Å². The normalized spacial score (nSPS) is 21.0. The fraction of sp³-hybridized carbons (Fsp3) is 0.625. The molecule has 23 heavy (non-hydrogen) atoms. The summed E-state index contributed by atoms with van der Waals surface area (Å²) in [5.41, 5.74) is 0.807. The lowest BCUT2D eigenvalue weighted by Gasteiger charge is -2.34. The number of anilines is 1. The second kappa shape index (κ2) is 6.72. The highest BCUT2D eigenvalue weighted by Crippen LogP contribution is 2.25. The zero-order valence-corrected chi connectivity index (χ0v) is 13.0.